The largest absolute Gasteiger partial charge is 0.493 e. The molecule has 0 spiro atoms. The molecule has 0 bridgehead atoms. The van der Waals surface area contributed by atoms with E-state index in [1.165, 1.54) is 28.7 Å². The van der Waals surface area contributed by atoms with E-state index >= 15 is 0 Å². The second-order valence-electron chi connectivity index (χ2n) is 7.34. The summed E-state index contributed by atoms with van der Waals surface area (Å²) >= 11 is 0. The fourth-order valence-corrected chi connectivity index (χ4v) is 3.72. The van der Waals surface area contributed by atoms with E-state index in [0.717, 1.165) is 57.2 Å². The topological polar surface area (TPSA) is 27.7 Å². The smallest absolute Gasteiger partial charge is 0.122 e. The van der Waals surface area contributed by atoms with Gasteiger partial charge in [-0.1, -0.05) is 102 Å². The lowest BCUT2D eigenvalue weighted by Crippen LogP contribution is -2.08. The molecule has 3 aliphatic heterocycles. The van der Waals surface area contributed by atoms with E-state index in [-0.39, 0.29) is 0 Å². The fraction of sp³-hybridized carbons (Fsp3) is 0.438. The van der Waals surface area contributed by atoms with Gasteiger partial charge in [-0.05, 0) is 53.6 Å². The second kappa shape index (κ2) is 19.5. The van der Waals surface area contributed by atoms with Crippen molar-refractivity contribution in [2.24, 2.45) is 0 Å². The van der Waals surface area contributed by atoms with Crippen molar-refractivity contribution in [1.82, 2.24) is 0 Å². The molecule has 6 rings (SSSR count). The van der Waals surface area contributed by atoms with Crippen LogP contribution in [0.1, 0.15) is 70.2 Å². The van der Waals surface area contributed by atoms with Crippen LogP contribution < -0.4 is 9.47 Å². The molecule has 0 N–H and O–H groups in total. The molecule has 3 aromatic rings. The van der Waals surface area contributed by atoms with Crippen LogP contribution in [0.4, 0.5) is 0 Å². The number of rotatable bonds is 0. The molecule has 0 saturated carbocycles. The molecule has 0 aliphatic carbocycles. The van der Waals surface area contributed by atoms with Gasteiger partial charge in [-0.15, -0.1) is 0 Å². The minimum atomic E-state index is 0.802. The molecule has 3 nitrogen and oxygen atoms in total. The molecule has 0 fully saturated rings. The Morgan fingerprint density at radius 3 is 1.46 bits per heavy atom. The van der Waals surface area contributed by atoms with Crippen molar-refractivity contribution in [3.8, 4) is 11.5 Å². The molecular formula is C32H46O3. The van der Waals surface area contributed by atoms with Crippen LogP contribution in [-0.4, -0.2) is 19.8 Å². The van der Waals surface area contributed by atoms with Gasteiger partial charge >= 0.3 is 0 Å². The van der Waals surface area contributed by atoms with Gasteiger partial charge in [-0.2, -0.15) is 0 Å². The summed E-state index contributed by atoms with van der Waals surface area (Å²) in [7, 11) is 0. The van der Waals surface area contributed by atoms with Gasteiger partial charge in [-0.3, -0.25) is 0 Å². The third-order valence-corrected chi connectivity index (χ3v) is 5.31. The molecule has 3 heterocycles. The summed E-state index contributed by atoms with van der Waals surface area (Å²) in [6.07, 6.45) is 4.50. The van der Waals surface area contributed by atoms with E-state index in [2.05, 4.69) is 42.5 Å². The third kappa shape index (κ3) is 10.6. The minimum absolute atomic E-state index is 0.802. The highest BCUT2D eigenvalue weighted by Gasteiger charge is 2.09. The predicted octanol–water partition coefficient (Wildman–Crippen LogP) is 8.47. The molecule has 35 heavy (non-hydrogen) atoms. The second-order valence-corrected chi connectivity index (χ2v) is 7.34. The molecule has 0 amide bonds. The molecule has 0 radical (unpaired) electrons. The first kappa shape index (κ1) is 30.3. The monoisotopic (exact) mass is 478 g/mol. The Morgan fingerprint density at radius 1 is 0.457 bits per heavy atom. The average molecular weight is 479 g/mol. The summed E-state index contributed by atoms with van der Waals surface area (Å²) < 4.78 is 16.0. The van der Waals surface area contributed by atoms with Crippen LogP contribution in [0, 0.1) is 0 Å². The third-order valence-electron chi connectivity index (χ3n) is 5.31. The first-order valence-electron chi connectivity index (χ1n) is 13.5. The summed E-state index contributed by atoms with van der Waals surface area (Å²) in [6.45, 7) is 15.4. The minimum Gasteiger partial charge on any atom is -0.493 e. The van der Waals surface area contributed by atoms with Crippen molar-refractivity contribution in [2.75, 3.05) is 19.8 Å². The SMILES string of the molecule is CC.CC.CC.c1ccc2c(c1)CCCO2.c1ccc2c(c1)CCO2.c1ccc2c(c1)CCOC2. The van der Waals surface area contributed by atoms with Gasteiger partial charge in [0.2, 0.25) is 0 Å². The van der Waals surface area contributed by atoms with Crippen LogP contribution in [0.3, 0.4) is 0 Å². The normalized spacial score (nSPS) is 13.4. The van der Waals surface area contributed by atoms with E-state index in [1.807, 2.05) is 71.9 Å². The van der Waals surface area contributed by atoms with E-state index in [4.69, 9.17) is 14.2 Å². The average Bonchev–Trinajstić information content (AvgIpc) is 3.46. The van der Waals surface area contributed by atoms with Crippen LogP contribution >= 0.6 is 0 Å². The maximum atomic E-state index is 5.42. The summed E-state index contributed by atoms with van der Waals surface area (Å²) in [6, 6.07) is 24.9. The summed E-state index contributed by atoms with van der Waals surface area (Å²) in [5.74, 6) is 2.14. The first-order valence-corrected chi connectivity index (χ1v) is 13.5. The zero-order chi connectivity index (χ0) is 25.7. The molecular weight excluding hydrogens is 432 g/mol. The lowest BCUT2D eigenvalue weighted by molar-refractivity contribution is 0.111. The van der Waals surface area contributed by atoms with Gasteiger partial charge in [0, 0.05) is 6.42 Å². The maximum Gasteiger partial charge on any atom is 0.122 e. The van der Waals surface area contributed by atoms with Crippen molar-refractivity contribution in [3.63, 3.8) is 0 Å². The zero-order valence-corrected chi connectivity index (χ0v) is 22.8. The number of hydrogen-bond donors (Lipinski definition) is 0. The highest BCUT2D eigenvalue weighted by Crippen LogP contribution is 2.24. The molecule has 0 saturated heterocycles. The molecule has 3 aromatic carbocycles. The number of hydrogen-bond acceptors (Lipinski definition) is 3. The molecule has 192 valence electrons. The standard InChI is InChI=1S/2C9H10O.C8H8O.3C2H6/c1-2-6-9-8(4-1)5-3-7-10-9;1-2-4-9-7-10-6-5-8(9)3-1;1-2-4-8-7(3-1)5-6-9-8;3*1-2/h1-2,4,6H,3,5,7H2;1-4H,5-7H2;1-4H,5-6H2;3*1-2H3. The molecule has 3 heteroatoms. The number of ether oxygens (including phenoxy) is 3. The Hall–Kier alpha value is -2.78. The van der Waals surface area contributed by atoms with Crippen LogP contribution in [0.25, 0.3) is 0 Å². The van der Waals surface area contributed by atoms with Gasteiger partial charge < -0.3 is 14.2 Å². The van der Waals surface area contributed by atoms with Gasteiger partial charge in [0.25, 0.3) is 0 Å². The van der Waals surface area contributed by atoms with Gasteiger partial charge in [0.15, 0.2) is 0 Å². The highest BCUT2D eigenvalue weighted by molar-refractivity contribution is 5.36. The van der Waals surface area contributed by atoms with E-state index in [9.17, 15) is 0 Å². The van der Waals surface area contributed by atoms with Crippen LogP contribution in [0.15, 0.2) is 72.8 Å². The van der Waals surface area contributed by atoms with Crippen molar-refractivity contribution in [3.05, 3.63) is 95.1 Å². The quantitative estimate of drug-likeness (QED) is 0.324. The van der Waals surface area contributed by atoms with Gasteiger partial charge in [0.05, 0.1) is 26.4 Å². The van der Waals surface area contributed by atoms with Crippen molar-refractivity contribution >= 4 is 0 Å². The number of para-hydroxylation sites is 2. The molecule has 3 aliphatic rings. The Bertz CT molecular complexity index is 795. The zero-order valence-electron chi connectivity index (χ0n) is 22.8. The van der Waals surface area contributed by atoms with Crippen LogP contribution in [0.5, 0.6) is 11.5 Å². The van der Waals surface area contributed by atoms with Gasteiger partial charge in [-0.25, -0.2) is 0 Å². The molecule has 0 unspecified atom stereocenters. The van der Waals surface area contributed by atoms with Crippen LogP contribution in [0.2, 0.25) is 0 Å². The van der Waals surface area contributed by atoms with Crippen molar-refractivity contribution in [2.45, 2.75) is 73.8 Å². The predicted molar refractivity (Wildman–Crippen MR) is 150 cm³/mol. The van der Waals surface area contributed by atoms with E-state index < -0.39 is 0 Å². The number of benzene rings is 3. The van der Waals surface area contributed by atoms with E-state index in [1.54, 1.807) is 0 Å². The summed E-state index contributed by atoms with van der Waals surface area (Å²) in [5, 5.41) is 0. The van der Waals surface area contributed by atoms with Crippen molar-refractivity contribution < 1.29 is 14.2 Å². The highest BCUT2D eigenvalue weighted by atomic mass is 16.5. The van der Waals surface area contributed by atoms with Crippen LogP contribution in [-0.2, 0) is 30.6 Å². The summed E-state index contributed by atoms with van der Waals surface area (Å²) in [5.41, 5.74) is 5.51. The Kier molecular flexibility index (Phi) is 16.9. The van der Waals surface area contributed by atoms with Crippen molar-refractivity contribution in [1.29, 1.82) is 0 Å². The Balaban J connectivity index is 0.000000237. The van der Waals surface area contributed by atoms with E-state index in [0.29, 0.717) is 0 Å². The number of fused-ring (bicyclic) bond motifs is 3. The fourth-order valence-electron chi connectivity index (χ4n) is 3.72. The van der Waals surface area contributed by atoms with Gasteiger partial charge in [0.1, 0.15) is 11.5 Å². The molecule has 0 aromatic heterocycles. The molecule has 0 atom stereocenters. The first-order chi connectivity index (χ1) is 17.4. The lowest BCUT2D eigenvalue weighted by Gasteiger charge is -2.15. The Labute approximate surface area is 214 Å². The lowest BCUT2D eigenvalue weighted by atomic mass is 10.0. The summed E-state index contributed by atoms with van der Waals surface area (Å²) in [4.78, 5) is 0. The maximum absolute atomic E-state index is 5.42. The Morgan fingerprint density at radius 2 is 0.914 bits per heavy atom. The number of aryl methyl sites for hydroxylation is 1.